The van der Waals surface area contributed by atoms with Gasteiger partial charge in [-0.2, -0.15) is 0 Å². The quantitative estimate of drug-likeness (QED) is 0.504. The summed E-state index contributed by atoms with van der Waals surface area (Å²) in [7, 11) is 0. The van der Waals surface area contributed by atoms with Crippen molar-refractivity contribution in [3.8, 4) is 0 Å². The number of carbonyl (C=O) groups excluding carboxylic acids is 1. The van der Waals surface area contributed by atoms with Crippen LogP contribution in [0.4, 0.5) is 0 Å². The molecule has 0 aliphatic rings. The second kappa shape index (κ2) is 10.5. The Kier molecular flexibility index (Phi) is 11.6. The third-order valence-corrected chi connectivity index (χ3v) is 3.64. The molecule has 0 spiro atoms. The molecule has 0 fully saturated rings. The van der Waals surface area contributed by atoms with Crippen LogP contribution in [0, 0.1) is 11.8 Å². The van der Waals surface area contributed by atoms with Crippen LogP contribution in [0.3, 0.4) is 0 Å². The van der Waals surface area contributed by atoms with Crippen molar-refractivity contribution >= 4 is 18.2 Å². The molecule has 5 nitrogen and oxygen atoms in total. The fourth-order valence-electron chi connectivity index (χ4n) is 1.98. The second-order valence-electron chi connectivity index (χ2n) is 5.94. The van der Waals surface area contributed by atoms with E-state index in [4.69, 9.17) is 11.5 Å². The highest BCUT2D eigenvalue weighted by Gasteiger charge is 2.29. The number of Topliss-reactive ketones (excluding diaryl/α,β-unsaturated/α-hetero) is 1. The Bertz CT molecular complexity index is 277. The van der Waals surface area contributed by atoms with Crippen LogP contribution >= 0.6 is 12.4 Å². The van der Waals surface area contributed by atoms with Gasteiger partial charge in [-0.1, -0.05) is 34.1 Å². The van der Waals surface area contributed by atoms with Crippen molar-refractivity contribution in [2.75, 3.05) is 0 Å². The smallest absolute Gasteiger partial charge is 0.165 e. The van der Waals surface area contributed by atoms with Crippen molar-refractivity contribution in [3.05, 3.63) is 0 Å². The van der Waals surface area contributed by atoms with Crippen LogP contribution in [0.15, 0.2) is 0 Å². The summed E-state index contributed by atoms with van der Waals surface area (Å²) in [5.41, 5.74) is 11.6. The van der Waals surface area contributed by atoms with Crippen LogP contribution < -0.4 is 11.5 Å². The number of halogens is 1. The Hall–Kier alpha value is -0.200. The van der Waals surface area contributed by atoms with Gasteiger partial charge >= 0.3 is 0 Å². The maximum absolute atomic E-state index is 11.9. The summed E-state index contributed by atoms with van der Waals surface area (Å²) in [6.45, 7) is 7.85. The van der Waals surface area contributed by atoms with Gasteiger partial charge in [0.2, 0.25) is 0 Å². The lowest BCUT2D eigenvalue weighted by Crippen LogP contribution is -2.47. The average Bonchev–Trinajstić information content (AvgIpc) is 2.34. The lowest BCUT2D eigenvalue weighted by molar-refractivity contribution is -0.131. The fraction of sp³-hybridized carbons (Fsp3) is 0.929. The zero-order chi connectivity index (χ0) is 15.2. The molecule has 0 saturated carbocycles. The number of ketones is 1. The fourth-order valence-corrected chi connectivity index (χ4v) is 1.98. The summed E-state index contributed by atoms with van der Waals surface area (Å²) in [6, 6.07) is -1.04. The van der Waals surface area contributed by atoms with Crippen LogP contribution in [-0.4, -0.2) is 40.3 Å². The monoisotopic (exact) mass is 310 g/mol. The number of carbonyl (C=O) groups is 1. The standard InChI is InChI=1S/C14H30N2O3.ClH/c1-5-9(4)13(16)14(19)12(18)7-11(17)10(15)6-8(2)3;/h8-11,13-14,17,19H,5-7,15-16H2,1-4H3;1H/t9-,10-,11?,13-,14?;/m0./s1. The van der Waals surface area contributed by atoms with Crippen molar-refractivity contribution in [3.63, 3.8) is 0 Å². The first-order valence-corrected chi connectivity index (χ1v) is 7.10. The first-order valence-electron chi connectivity index (χ1n) is 7.10. The average molecular weight is 311 g/mol. The lowest BCUT2D eigenvalue weighted by atomic mass is 9.89. The van der Waals surface area contributed by atoms with Gasteiger partial charge in [-0.15, -0.1) is 12.4 Å². The normalized spacial score (nSPS) is 18.9. The van der Waals surface area contributed by atoms with Gasteiger partial charge in [-0.3, -0.25) is 4.79 Å². The molecule has 0 saturated heterocycles. The number of aliphatic hydroxyl groups excluding tert-OH is 2. The molecule has 2 unspecified atom stereocenters. The van der Waals surface area contributed by atoms with E-state index < -0.39 is 30.1 Å². The van der Waals surface area contributed by atoms with E-state index in [2.05, 4.69) is 0 Å². The molecule has 0 heterocycles. The third-order valence-electron chi connectivity index (χ3n) is 3.64. The van der Waals surface area contributed by atoms with Gasteiger partial charge in [-0.25, -0.2) is 0 Å². The van der Waals surface area contributed by atoms with Crippen LogP contribution in [0.5, 0.6) is 0 Å². The molecule has 6 heteroatoms. The zero-order valence-corrected chi connectivity index (χ0v) is 13.8. The predicted molar refractivity (Wildman–Crippen MR) is 83.7 cm³/mol. The summed E-state index contributed by atoms with van der Waals surface area (Å²) in [5, 5.41) is 19.7. The van der Waals surface area contributed by atoms with Crippen LogP contribution in [-0.2, 0) is 4.79 Å². The Morgan fingerprint density at radius 2 is 1.65 bits per heavy atom. The highest BCUT2D eigenvalue weighted by Crippen LogP contribution is 2.14. The molecule has 0 aliphatic heterocycles. The molecular weight excluding hydrogens is 280 g/mol. The summed E-state index contributed by atoms with van der Waals surface area (Å²) in [6.07, 6.45) is -0.855. The molecule has 6 N–H and O–H groups in total. The van der Waals surface area contributed by atoms with E-state index >= 15 is 0 Å². The number of hydrogen-bond acceptors (Lipinski definition) is 5. The molecule has 0 aromatic carbocycles. The number of nitrogens with two attached hydrogens (primary N) is 2. The van der Waals surface area contributed by atoms with Gasteiger partial charge in [-0.05, 0) is 18.3 Å². The van der Waals surface area contributed by atoms with Crippen molar-refractivity contribution in [2.45, 2.75) is 71.2 Å². The Balaban J connectivity index is 0. The van der Waals surface area contributed by atoms with E-state index in [1.807, 2.05) is 27.7 Å². The number of aliphatic hydroxyl groups is 2. The van der Waals surface area contributed by atoms with Crippen LogP contribution in [0.1, 0.15) is 47.0 Å². The molecule has 0 aromatic heterocycles. The lowest BCUT2D eigenvalue weighted by Gasteiger charge is -2.25. The Morgan fingerprint density at radius 1 is 1.15 bits per heavy atom. The van der Waals surface area contributed by atoms with E-state index in [0.717, 1.165) is 6.42 Å². The molecule has 0 rings (SSSR count). The van der Waals surface area contributed by atoms with Crippen LogP contribution in [0.2, 0.25) is 0 Å². The molecule has 0 amide bonds. The molecule has 0 bridgehead atoms. The van der Waals surface area contributed by atoms with Crippen molar-refractivity contribution in [1.82, 2.24) is 0 Å². The van der Waals surface area contributed by atoms with Gasteiger partial charge in [0.1, 0.15) is 6.10 Å². The van der Waals surface area contributed by atoms with E-state index in [9.17, 15) is 15.0 Å². The molecular formula is C14H31ClN2O3. The topological polar surface area (TPSA) is 110 Å². The van der Waals surface area contributed by atoms with E-state index in [1.165, 1.54) is 0 Å². The maximum atomic E-state index is 11.9. The number of hydrogen-bond donors (Lipinski definition) is 4. The summed E-state index contributed by atoms with van der Waals surface area (Å²) >= 11 is 0. The van der Waals surface area contributed by atoms with Gasteiger partial charge < -0.3 is 21.7 Å². The third kappa shape index (κ3) is 7.55. The molecule has 0 aromatic rings. The predicted octanol–water partition coefficient (Wildman–Crippen LogP) is 0.836. The first kappa shape index (κ1) is 22.1. The molecule has 0 radical (unpaired) electrons. The Morgan fingerprint density at radius 3 is 2.05 bits per heavy atom. The summed E-state index contributed by atoms with van der Waals surface area (Å²) < 4.78 is 0. The summed E-state index contributed by atoms with van der Waals surface area (Å²) in [5.74, 6) is -0.0213. The highest BCUT2D eigenvalue weighted by molar-refractivity contribution is 5.85. The number of rotatable bonds is 9. The minimum absolute atomic E-state index is 0. The molecule has 5 atom stereocenters. The van der Waals surface area contributed by atoms with Gasteiger partial charge in [0, 0.05) is 18.5 Å². The van der Waals surface area contributed by atoms with Crippen molar-refractivity contribution < 1.29 is 15.0 Å². The van der Waals surface area contributed by atoms with E-state index in [1.54, 1.807) is 0 Å². The largest absolute Gasteiger partial charge is 0.391 e. The SMILES string of the molecule is CC[C@H](C)[C@H](N)C(O)C(=O)CC(O)[C@@H](N)CC(C)C.Cl. The Labute approximate surface area is 128 Å². The molecule has 0 aliphatic carbocycles. The molecule has 122 valence electrons. The minimum atomic E-state index is -1.23. The maximum Gasteiger partial charge on any atom is 0.165 e. The van der Waals surface area contributed by atoms with E-state index in [0.29, 0.717) is 12.3 Å². The van der Waals surface area contributed by atoms with Gasteiger partial charge in [0.15, 0.2) is 5.78 Å². The second-order valence-corrected chi connectivity index (χ2v) is 5.94. The van der Waals surface area contributed by atoms with Gasteiger partial charge in [0.25, 0.3) is 0 Å². The van der Waals surface area contributed by atoms with Crippen LogP contribution in [0.25, 0.3) is 0 Å². The van der Waals surface area contributed by atoms with Crippen molar-refractivity contribution in [1.29, 1.82) is 0 Å². The first-order chi connectivity index (χ1) is 8.70. The highest BCUT2D eigenvalue weighted by atomic mass is 35.5. The van der Waals surface area contributed by atoms with E-state index in [-0.39, 0.29) is 24.7 Å². The minimum Gasteiger partial charge on any atom is -0.391 e. The van der Waals surface area contributed by atoms with Gasteiger partial charge in [0.05, 0.1) is 6.10 Å². The zero-order valence-electron chi connectivity index (χ0n) is 13.0. The molecule has 20 heavy (non-hydrogen) atoms. The summed E-state index contributed by atoms with van der Waals surface area (Å²) in [4.78, 5) is 11.9. The van der Waals surface area contributed by atoms with Crippen molar-refractivity contribution in [2.24, 2.45) is 23.3 Å².